The molecule has 0 unspecified atom stereocenters. The first-order chi connectivity index (χ1) is 16.1. The van der Waals surface area contributed by atoms with E-state index in [1.165, 1.54) is 12.8 Å². The average molecular weight is 475 g/mol. The molecule has 0 bridgehead atoms. The molecule has 6 nitrogen and oxygen atoms in total. The lowest BCUT2D eigenvalue weighted by Gasteiger charge is -2.36. The molecule has 0 spiro atoms. The molecule has 0 aliphatic heterocycles. The third-order valence-electron chi connectivity index (χ3n) is 8.89. The molecule has 0 aromatic carbocycles. The summed E-state index contributed by atoms with van der Waals surface area (Å²) in [6, 6.07) is 0. The van der Waals surface area contributed by atoms with Gasteiger partial charge in [-0.3, -0.25) is 9.59 Å². The molecule has 2 amide bonds. The van der Waals surface area contributed by atoms with Crippen LogP contribution in [0.5, 0.6) is 0 Å². The van der Waals surface area contributed by atoms with Crippen LogP contribution in [0.25, 0.3) is 0 Å². The highest BCUT2D eigenvalue weighted by molar-refractivity contribution is 5.87. The molecule has 2 fully saturated rings. The van der Waals surface area contributed by atoms with Gasteiger partial charge in [0, 0.05) is 24.3 Å². The maximum atomic E-state index is 12.1. The number of nitrogens with zero attached hydrogens (tertiary/aromatic N) is 2. The van der Waals surface area contributed by atoms with Crippen LogP contribution in [-0.2, 0) is 9.59 Å². The zero-order chi connectivity index (χ0) is 25.2. The van der Waals surface area contributed by atoms with Crippen LogP contribution in [0, 0.1) is 22.7 Å². The predicted molar refractivity (Wildman–Crippen MR) is 142 cm³/mol. The van der Waals surface area contributed by atoms with Crippen molar-refractivity contribution in [3.05, 3.63) is 0 Å². The average Bonchev–Trinajstić information content (AvgIpc) is 2.84. The molecule has 194 valence electrons. The van der Waals surface area contributed by atoms with Crippen molar-refractivity contribution < 1.29 is 9.59 Å². The van der Waals surface area contributed by atoms with Crippen LogP contribution in [-0.4, -0.2) is 23.2 Å². The number of unbranched alkanes of at least 4 members (excludes halogenated alkanes) is 1. The topological polar surface area (TPSA) is 82.9 Å². The normalized spacial score (nSPS) is 21.7. The van der Waals surface area contributed by atoms with Crippen molar-refractivity contribution in [1.82, 2.24) is 10.9 Å². The zero-order valence-corrected chi connectivity index (χ0v) is 22.8. The fourth-order valence-corrected chi connectivity index (χ4v) is 5.23. The van der Waals surface area contributed by atoms with Gasteiger partial charge in [0.15, 0.2) is 0 Å². The van der Waals surface area contributed by atoms with Gasteiger partial charge in [-0.05, 0) is 86.9 Å². The Labute approximate surface area is 208 Å². The lowest BCUT2D eigenvalue weighted by Crippen LogP contribution is -2.29. The van der Waals surface area contributed by atoms with Crippen molar-refractivity contribution in [2.75, 3.05) is 0 Å². The fourth-order valence-electron chi connectivity index (χ4n) is 5.23. The fraction of sp³-hybridized carbons (Fsp3) is 0.857. The van der Waals surface area contributed by atoms with E-state index in [4.69, 9.17) is 0 Å². The summed E-state index contributed by atoms with van der Waals surface area (Å²) in [6.07, 6.45) is 13.1. The molecule has 0 aromatic rings. The second-order valence-corrected chi connectivity index (χ2v) is 11.9. The largest absolute Gasteiger partial charge is 0.273 e. The van der Waals surface area contributed by atoms with Crippen LogP contribution in [0.1, 0.15) is 131 Å². The van der Waals surface area contributed by atoms with E-state index in [0.717, 1.165) is 74.6 Å². The first kappa shape index (κ1) is 28.5. The van der Waals surface area contributed by atoms with E-state index in [-0.39, 0.29) is 11.8 Å². The number of hydrogen-bond donors (Lipinski definition) is 2. The van der Waals surface area contributed by atoms with Gasteiger partial charge in [-0.25, -0.2) is 10.9 Å². The summed E-state index contributed by atoms with van der Waals surface area (Å²) in [5.41, 5.74) is 8.44. The van der Waals surface area contributed by atoms with Gasteiger partial charge in [0.1, 0.15) is 0 Å². The Hall–Kier alpha value is -1.72. The van der Waals surface area contributed by atoms with Gasteiger partial charge in [-0.2, -0.15) is 10.2 Å². The highest BCUT2D eigenvalue weighted by atomic mass is 16.2. The minimum Gasteiger partial charge on any atom is -0.273 e. The van der Waals surface area contributed by atoms with Crippen LogP contribution in [0.4, 0.5) is 0 Å². The number of amides is 2. The second-order valence-electron chi connectivity index (χ2n) is 11.9. The third-order valence-corrected chi connectivity index (χ3v) is 8.89. The number of carbonyl (C=O) groups excluding carboxylic acids is 2. The first-order valence-electron chi connectivity index (χ1n) is 13.8. The van der Waals surface area contributed by atoms with Crippen LogP contribution < -0.4 is 10.9 Å². The summed E-state index contributed by atoms with van der Waals surface area (Å²) in [7, 11) is 0. The summed E-state index contributed by atoms with van der Waals surface area (Å²) in [4.78, 5) is 24.2. The van der Waals surface area contributed by atoms with E-state index in [1.54, 1.807) is 0 Å². The monoisotopic (exact) mass is 474 g/mol. The number of nitrogens with one attached hydrogen (secondary N) is 2. The van der Waals surface area contributed by atoms with Crippen molar-refractivity contribution in [3.8, 4) is 0 Å². The molecule has 0 heterocycles. The Morgan fingerprint density at radius 3 is 1.32 bits per heavy atom. The maximum absolute atomic E-state index is 12.1. The minimum atomic E-state index is -0.0593. The summed E-state index contributed by atoms with van der Waals surface area (Å²) >= 11 is 0. The second kappa shape index (κ2) is 13.4. The van der Waals surface area contributed by atoms with Gasteiger partial charge in [-0.1, -0.05) is 54.4 Å². The molecule has 0 saturated heterocycles. The molecule has 6 heteroatoms. The molecule has 2 aliphatic rings. The van der Waals surface area contributed by atoms with Gasteiger partial charge in [0.05, 0.1) is 0 Å². The van der Waals surface area contributed by atoms with E-state index >= 15 is 0 Å². The lowest BCUT2D eigenvalue weighted by molar-refractivity contribution is -0.123. The van der Waals surface area contributed by atoms with E-state index in [1.807, 2.05) is 0 Å². The van der Waals surface area contributed by atoms with Crippen LogP contribution in [0.2, 0.25) is 0 Å². The maximum Gasteiger partial charge on any atom is 0.240 e. The number of hydrazone groups is 2. The Morgan fingerprint density at radius 1 is 0.706 bits per heavy atom. The quantitative estimate of drug-likeness (QED) is 0.257. The van der Waals surface area contributed by atoms with Gasteiger partial charge < -0.3 is 0 Å². The third kappa shape index (κ3) is 9.14. The van der Waals surface area contributed by atoms with E-state index < -0.39 is 0 Å². The first-order valence-corrected chi connectivity index (χ1v) is 13.8. The molecule has 2 aliphatic carbocycles. The van der Waals surface area contributed by atoms with Crippen molar-refractivity contribution in [3.63, 3.8) is 0 Å². The molecule has 2 saturated carbocycles. The van der Waals surface area contributed by atoms with Crippen molar-refractivity contribution in [1.29, 1.82) is 0 Å². The SMILES string of the molecule is CCC(C)(C)C1CCC(=NNC(=O)CCCCC(=O)NN=C2CCC(C(C)(C)CC)CC2)CC1. The number of carbonyl (C=O) groups is 2. The summed E-state index contributed by atoms with van der Waals surface area (Å²) in [5, 5.41) is 8.73. The van der Waals surface area contributed by atoms with Gasteiger partial charge in [0.25, 0.3) is 0 Å². The molecule has 2 N–H and O–H groups in total. The zero-order valence-electron chi connectivity index (χ0n) is 22.8. The van der Waals surface area contributed by atoms with E-state index in [2.05, 4.69) is 62.6 Å². The highest BCUT2D eigenvalue weighted by Gasteiger charge is 2.31. The predicted octanol–water partition coefficient (Wildman–Crippen LogP) is 6.74. The molecule has 2 rings (SSSR count). The Bertz CT molecular complexity index is 657. The van der Waals surface area contributed by atoms with Gasteiger partial charge in [-0.15, -0.1) is 0 Å². The Kier molecular flexibility index (Phi) is 11.2. The Balaban J connectivity index is 1.57. The van der Waals surface area contributed by atoms with Gasteiger partial charge >= 0.3 is 0 Å². The van der Waals surface area contributed by atoms with Gasteiger partial charge in [0.2, 0.25) is 11.8 Å². The van der Waals surface area contributed by atoms with Crippen LogP contribution in [0.3, 0.4) is 0 Å². The van der Waals surface area contributed by atoms with Crippen molar-refractivity contribution >= 4 is 23.2 Å². The highest BCUT2D eigenvalue weighted by Crippen LogP contribution is 2.40. The van der Waals surface area contributed by atoms with Crippen LogP contribution in [0.15, 0.2) is 10.2 Å². The molecule has 0 radical (unpaired) electrons. The smallest absolute Gasteiger partial charge is 0.240 e. The molecule has 34 heavy (non-hydrogen) atoms. The van der Waals surface area contributed by atoms with Crippen molar-refractivity contribution in [2.24, 2.45) is 32.9 Å². The lowest BCUT2D eigenvalue weighted by atomic mass is 9.69. The molecule has 0 aromatic heterocycles. The molecular formula is C28H50N4O2. The minimum absolute atomic E-state index is 0.0593. The summed E-state index contributed by atoms with van der Waals surface area (Å²) < 4.78 is 0. The van der Waals surface area contributed by atoms with Crippen LogP contribution >= 0.6 is 0 Å². The standard InChI is InChI=1S/C28H50N4O2/c1-7-27(3,4)21-13-17-23(18-14-21)29-31-25(33)11-9-10-12-26(34)32-30-24-19-15-22(16-20-24)28(5,6)8-2/h21-22H,7-20H2,1-6H3,(H,31,33)(H,32,34). The summed E-state index contributed by atoms with van der Waals surface area (Å²) in [6.45, 7) is 13.9. The number of hydrogen-bond acceptors (Lipinski definition) is 4. The van der Waals surface area contributed by atoms with E-state index in [9.17, 15) is 9.59 Å². The molecular weight excluding hydrogens is 424 g/mol. The summed E-state index contributed by atoms with van der Waals surface area (Å²) in [5.74, 6) is 1.37. The Morgan fingerprint density at radius 2 is 1.03 bits per heavy atom. The van der Waals surface area contributed by atoms with Crippen molar-refractivity contribution in [2.45, 2.75) is 131 Å². The number of rotatable bonds is 11. The molecule has 0 atom stereocenters. The van der Waals surface area contributed by atoms with E-state index in [0.29, 0.717) is 36.5 Å².